The van der Waals surface area contributed by atoms with Gasteiger partial charge in [-0.15, -0.1) is 5.10 Å². The fraction of sp³-hybridized carbons (Fsp3) is 0. The van der Waals surface area contributed by atoms with Gasteiger partial charge in [0.1, 0.15) is 12.1 Å². The predicted molar refractivity (Wildman–Crippen MR) is 40.2 cm³/mol. The molecule has 0 saturated carbocycles. The lowest BCUT2D eigenvalue weighted by Crippen LogP contribution is -1.93. The van der Waals surface area contributed by atoms with E-state index in [9.17, 15) is 4.39 Å². The molecular formula is C8H5FN3. The third kappa shape index (κ3) is 1.18. The van der Waals surface area contributed by atoms with Gasteiger partial charge in [0.25, 0.3) is 0 Å². The highest BCUT2D eigenvalue weighted by Gasteiger charge is 1.95. The van der Waals surface area contributed by atoms with E-state index in [1.54, 1.807) is 12.1 Å². The highest BCUT2D eigenvalue weighted by molar-refractivity contribution is 5.29. The predicted octanol–water partition coefficient (Wildman–Crippen LogP) is 1.21. The minimum absolute atomic E-state index is 0.261. The van der Waals surface area contributed by atoms with Crippen molar-refractivity contribution in [3.8, 4) is 5.69 Å². The Kier molecular flexibility index (Phi) is 1.59. The summed E-state index contributed by atoms with van der Waals surface area (Å²) in [6.45, 7) is 0. The zero-order chi connectivity index (χ0) is 8.39. The molecule has 0 saturated heterocycles. The smallest absolute Gasteiger partial charge is 0.220 e. The van der Waals surface area contributed by atoms with Crippen LogP contribution in [0.5, 0.6) is 0 Å². The van der Waals surface area contributed by atoms with Gasteiger partial charge < -0.3 is 0 Å². The topological polar surface area (TPSA) is 30.7 Å². The first kappa shape index (κ1) is 6.97. The van der Waals surface area contributed by atoms with Crippen molar-refractivity contribution in [1.82, 2.24) is 14.8 Å². The van der Waals surface area contributed by atoms with Crippen LogP contribution in [-0.2, 0) is 0 Å². The summed E-state index contributed by atoms with van der Waals surface area (Å²) in [7, 11) is 0. The van der Waals surface area contributed by atoms with Crippen molar-refractivity contribution in [3.63, 3.8) is 0 Å². The summed E-state index contributed by atoms with van der Waals surface area (Å²) in [5, 5.41) is 3.77. The van der Waals surface area contributed by atoms with Crippen molar-refractivity contribution in [2.75, 3.05) is 0 Å². The molecule has 0 bridgehead atoms. The normalized spacial score (nSPS) is 10.1. The number of hydrogen-bond donors (Lipinski definition) is 0. The molecule has 1 heterocycles. The monoisotopic (exact) mass is 162 g/mol. The number of rotatable bonds is 1. The quantitative estimate of drug-likeness (QED) is 0.630. The Labute approximate surface area is 68.5 Å². The molecule has 0 N–H and O–H groups in total. The molecule has 59 valence electrons. The summed E-state index contributed by atoms with van der Waals surface area (Å²) in [5.74, 6) is -0.261. The molecule has 0 aliphatic carbocycles. The maximum Gasteiger partial charge on any atom is 0.221 e. The summed E-state index contributed by atoms with van der Waals surface area (Å²) in [6, 6.07) is 5.99. The van der Waals surface area contributed by atoms with E-state index in [4.69, 9.17) is 0 Å². The zero-order valence-corrected chi connectivity index (χ0v) is 6.11. The van der Waals surface area contributed by atoms with Crippen LogP contribution < -0.4 is 0 Å². The van der Waals surface area contributed by atoms with Crippen molar-refractivity contribution < 1.29 is 4.39 Å². The minimum Gasteiger partial charge on any atom is -0.220 e. The van der Waals surface area contributed by atoms with E-state index >= 15 is 0 Å². The van der Waals surface area contributed by atoms with Gasteiger partial charge in [-0.2, -0.15) is 0 Å². The Balaban J connectivity index is 2.43. The molecule has 2 aromatic rings. The van der Waals surface area contributed by atoms with Crippen molar-refractivity contribution in [3.05, 3.63) is 42.7 Å². The first-order valence-electron chi connectivity index (χ1n) is 3.40. The second-order valence-corrected chi connectivity index (χ2v) is 2.27. The Bertz CT molecular complexity index is 352. The average molecular weight is 162 g/mol. The lowest BCUT2D eigenvalue weighted by molar-refractivity contribution is 0.627. The van der Waals surface area contributed by atoms with Crippen molar-refractivity contribution in [2.45, 2.75) is 0 Å². The second kappa shape index (κ2) is 2.73. The molecule has 2 rings (SSSR count). The average Bonchev–Trinajstić information content (AvgIpc) is 2.58. The van der Waals surface area contributed by atoms with Crippen molar-refractivity contribution in [1.29, 1.82) is 0 Å². The van der Waals surface area contributed by atoms with E-state index in [2.05, 4.69) is 16.4 Å². The van der Waals surface area contributed by atoms with Crippen LogP contribution in [0, 0.1) is 12.1 Å². The Hall–Kier alpha value is -1.71. The molecule has 4 heteroatoms. The lowest BCUT2D eigenvalue weighted by atomic mass is 10.3. The van der Waals surface area contributed by atoms with Crippen LogP contribution in [-0.4, -0.2) is 14.8 Å². The van der Waals surface area contributed by atoms with E-state index in [1.807, 2.05) is 0 Å². The Morgan fingerprint density at radius 1 is 1.25 bits per heavy atom. The van der Waals surface area contributed by atoms with Crippen LogP contribution in [0.25, 0.3) is 5.69 Å². The summed E-state index contributed by atoms with van der Waals surface area (Å²) in [4.78, 5) is 3.65. The SMILES string of the molecule is Fc1ccc(-n2cn[c]n2)cc1. The van der Waals surface area contributed by atoms with Gasteiger partial charge in [0.15, 0.2) is 0 Å². The highest BCUT2D eigenvalue weighted by Crippen LogP contribution is 2.05. The van der Waals surface area contributed by atoms with E-state index in [-0.39, 0.29) is 5.82 Å². The van der Waals surface area contributed by atoms with Gasteiger partial charge in [-0.05, 0) is 24.3 Å². The molecule has 1 aromatic carbocycles. The molecule has 0 unspecified atom stereocenters. The van der Waals surface area contributed by atoms with Crippen molar-refractivity contribution in [2.24, 2.45) is 0 Å². The summed E-state index contributed by atoms with van der Waals surface area (Å²) >= 11 is 0. The second-order valence-electron chi connectivity index (χ2n) is 2.27. The van der Waals surface area contributed by atoms with Crippen LogP contribution in [0.1, 0.15) is 0 Å². The van der Waals surface area contributed by atoms with Gasteiger partial charge in [0.2, 0.25) is 6.33 Å². The maximum absolute atomic E-state index is 12.5. The van der Waals surface area contributed by atoms with Gasteiger partial charge in [-0.25, -0.2) is 14.1 Å². The summed E-state index contributed by atoms with van der Waals surface area (Å²) in [5.41, 5.74) is 0.769. The molecule has 1 aromatic heterocycles. The number of nitrogens with zero attached hydrogens (tertiary/aromatic N) is 3. The van der Waals surface area contributed by atoms with Gasteiger partial charge >= 0.3 is 0 Å². The highest BCUT2D eigenvalue weighted by atomic mass is 19.1. The van der Waals surface area contributed by atoms with Gasteiger partial charge in [0, 0.05) is 0 Å². The lowest BCUT2D eigenvalue weighted by Gasteiger charge is -1.97. The van der Waals surface area contributed by atoms with Gasteiger partial charge in [0.05, 0.1) is 5.69 Å². The van der Waals surface area contributed by atoms with Crippen molar-refractivity contribution >= 4 is 0 Å². The molecule has 12 heavy (non-hydrogen) atoms. The van der Waals surface area contributed by atoms with Gasteiger partial charge in [-0.1, -0.05) is 0 Å². The van der Waals surface area contributed by atoms with E-state index in [0.29, 0.717) is 0 Å². The standard InChI is InChI=1S/C8H5FN3/c9-7-1-3-8(4-2-7)12-6-10-5-11-12/h1-4,6H. The number of benzene rings is 1. The Morgan fingerprint density at radius 3 is 2.58 bits per heavy atom. The zero-order valence-electron chi connectivity index (χ0n) is 6.11. The van der Waals surface area contributed by atoms with Crippen LogP contribution >= 0.6 is 0 Å². The molecule has 0 aliphatic rings. The number of aromatic nitrogens is 3. The van der Waals surface area contributed by atoms with Crippen LogP contribution in [0.15, 0.2) is 30.6 Å². The van der Waals surface area contributed by atoms with E-state index < -0.39 is 0 Å². The maximum atomic E-state index is 12.5. The van der Waals surface area contributed by atoms with Crippen LogP contribution in [0.4, 0.5) is 4.39 Å². The van der Waals surface area contributed by atoms with E-state index in [1.165, 1.54) is 23.1 Å². The molecule has 3 nitrogen and oxygen atoms in total. The summed E-state index contributed by atoms with van der Waals surface area (Å²) in [6.07, 6.45) is 3.92. The van der Waals surface area contributed by atoms with Crippen LogP contribution in [0.3, 0.4) is 0 Å². The van der Waals surface area contributed by atoms with E-state index in [0.717, 1.165) is 5.69 Å². The third-order valence-electron chi connectivity index (χ3n) is 1.47. The minimum atomic E-state index is -0.261. The third-order valence-corrected chi connectivity index (χ3v) is 1.47. The first-order valence-corrected chi connectivity index (χ1v) is 3.40. The largest absolute Gasteiger partial charge is 0.221 e. The molecule has 0 amide bonds. The summed E-state index contributed by atoms with van der Waals surface area (Å²) < 4.78 is 14.0. The molecule has 0 spiro atoms. The van der Waals surface area contributed by atoms with Crippen LogP contribution in [0.2, 0.25) is 0 Å². The molecule has 0 atom stereocenters. The van der Waals surface area contributed by atoms with Gasteiger partial charge in [-0.3, -0.25) is 0 Å². The molecule has 0 fully saturated rings. The fourth-order valence-corrected chi connectivity index (χ4v) is 0.899. The molecule has 1 radical (unpaired) electrons. The fourth-order valence-electron chi connectivity index (χ4n) is 0.899. The molecule has 0 aliphatic heterocycles. The Morgan fingerprint density at radius 2 is 2.00 bits per heavy atom. The first-order chi connectivity index (χ1) is 5.86. The molecular weight excluding hydrogens is 157 g/mol. The number of halogens is 1. The number of hydrogen-bond acceptors (Lipinski definition) is 2.